The number of aryl methyl sites for hydroxylation is 1. The van der Waals surface area contributed by atoms with E-state index in [0.29, 0.717) is 5.65 Å². The lowest BCUT2D eigenvalue weighted by Crippen LogP contribution is -2.13. The molecule has 3 nitrogen and oxygen atoms in total. The van der Waals surface area contributed by atoms with Gasteiger partial charge in [-0.05, 0) is 19.1 Å². The molecule has 2 aromatic rings. The molecule has 0 saturated carbocycles. The Labute approximate surface area is 83.0 Å². The summed E-state index contributed by atoms with van der Waals surface area (Å²) >= 11 is 0. The summed E-state index contributed by atoms with van der Waals surface area (Å²) in [6.45, 7) is 5.81. The van der Waals surface area contributed by atoms with Gasteiger partial charge in [-0.15, -0.1) is 0 Å². The molecule has 0 aliphatic carbocycles. The Balaban J connectivity index is 0.000000461. The zero-order chi connectivity index (χ0) is 10.6. The van der Waals surface area contributed by atoms with Crippen molar-refractivity contribution >= 4 is 5.65 Å². The number of fused-ring (bicyclic) bond motifs is 1. The van der Waals surface area contributed by atoms with E-state index in [9.17, 15) is 4.79 Å². The third kappa shape index (κ3) is 1.99. The number of hydrogen-bond donors (Lipinski definition) is 0. The molecule has 0 aromatic carbocycles. The summed E-state index contributed by atoms with van der Waals surface area (Å²) in [4.78, 5) is 15.5. The molecular formula is C11H14N2O. The summed E-state index contributed by atoms with van der Waals surface area (Å²) in [6.07, 6.45) is 1.71. The molecule has 0 aliphatic heterocycles. The first kappa shape index (κ1) is 10.4. The van der Waals surface area contributed by atoms with Crippen molar-refractivity contribution in [3.63, 3.8) is 0 Å². The van der Waals surface area contributed by atoms with E-state index in [1.165, 1.54) is 10.5 Å². The standard InChI is InChI=1S/C9H8N2O.C2H6/c1-7-6-9(12)11-5-3-2-4-8(11)10-7;1-2/h2-6H,1H3;1-2H3. The molecule has 0 unspecified atom stereocenters. The lowest BCUT2D eigenvalue weighted by Gasteiger charge is -1.98. The van der Waals surface area contributed by atoms with Crippen LogP contribution >= 0.6 is 0 Å². The van der Waals surface area contributed by atoms with Crippen molar-refractivity contribution in [3.8, 4) is 0 Å². The van der Waals surface area contributed by atoms with Crippen LogP contribution < -0.4 is 5.56 Å². The number of nitrogens with zero attached hydrogens (tertiary/aromatic N) is 2. The molecule has 0 saturated heterocycles. The normalized spacial score (nSPS) is 9.36. The Kier molecular flexibility index (Phi) is 3.40. The minimum atomic E-state index is -0.0295. The van der Waals surface area contributed by atoms with Crippen molar-refractivity contribution in [3.05, 3.63) is 46.5 Å². The minimum Gasteiger partial charge on any atom is -0.269 e. The fraction of sp³-hybridized carbons (Fsp3) is 0.273. The average Bonchev–Trinajstić information content (AvgIpc) is 2.20. The first-order valence-corrected chi connectivity index (χ1v) is 4.72. The second-order valence-corrected chi connectivity index (χ2v) is 2.66. The van der Waals surface area contributed by atoms with Crippen LogP contribution in [-0.2, 0) is 0 Å². The molecule has 0 atom stereocenters. The summed E-state index contributed by atoms with van der Waals surface area (Å²) in [7, 11) is 0. The third-order valence-electron chi connectivity index (χ3n) is 1.70. The second kappa shape index (κ2) is 4.56. The van der Waals surface area contributed by atoms with Gasteiger partial charge in [0.05, 0.1) is 0 Å². The van der Waals surface area contributed by atoms with Crippen LogP contribution in [0.25, 0.3) is 5.65 Å². The highest BCUT2D eigenvalue weighted by molar-refractivity contribution is 5.37. The highest BCUT2D eigenvalue weighted by atomic mass is 16.1. The predicted molar refractivity (Wildman–Crippen MR) is 57.5 cm³/mol. The molecule has 2 rings (SSSR count). The van der Waals surface area contributed by atoms with E-state index < -0.39 is 0 Å². The smallest absolute Gasteiger partial charge is 0.258 e. The highest BCUT2D eigenvalue weighted by Crippen LogP contribution is 1.96. The van der Waals surface area contributed by atoms with Crippen LogP contribution in [0.4, 0.5) is 0 Å². The molecule has 0 bridgehead atoms. The first-order chi connectivity index (χ1) is 6.77. The van der Waals surface area contributed by atoms with Gasteiger partial charge in [0.25, 0.3) is 5.56 Å². The summed E-state index contributed by atoms with van der Waals surface area (Å²) in [5, 5.41) is 0. The average molecular weight is 190 g/mol. The lowest BCUT2D eigenvalue weighted by molar-refractivity contribution is 1.02. The molecule has 0 spiro atoms. The van der Waals surface area contributed by atoms with Crippen LogP contribution in [0.15, 0.2) is 35.3 Å². The number of hydrogen-bond acceptors (Lipinski definition) is 2. The molecule has 2 heterocycles. The Morgan fingerprint density at radius 3 is 2.71 bits per heavy atom. The van der Waals surface area contributed by atoms with Crippen LogP contribution in [0, 0.1) is 6.92 Å². The van der Waals surface area contributed by atoms with Crippen LogP contribution in [0.3, 0.4) is 0 Å². The van der Waals surface area contributed by atoms with Gasteiger partial charge in [0.15, 0.2) is 0 Å². The van der Waals surface area contributed by atoms with Crippen molar-refractivity contribution in [2.24, 2.45) is 0 Å². The molecule has 0 aliphatic rings. The Hall–Kier alpha value is -1.64. The molecule has 14 heavy (non-hydrogen) atoms. The number of aromatic nitrogens is 2. The molecule has 3 heteroatoms. The molecule has 0 amide bonds. The first-order valence-electron chi connectivity index (χ1n) is 4.72. The van der Waals surface area contributed by atoms with Gasteiger partial charge < -0.3 is 0 Å². The fourth-order valence-corrected chi connectivity index (χ4v) is 1.17. The SMILES string of the molecule is CC.Cc1cc(=O)n2ccccc2n1. The van der Waals surface area contributed by atoms with Crippen molar-refractivity contribution in [1.82, 2.24) is 9.38 Å². The monoisotopic (exact) mass is 190 g/mol. The van der Waals surface area contributed by atoms with Crippen LogP contribution in [0.1, 0.15) is 19.5 Å². The van der Waals surface area contributed by atoms with E-state index in [0.717, 1.165) is 5.69 Å². The Morgan fingerprint density at radius 2 is 2.00 bits per heavy atom. The Morgan fingerprint density at radius 1 is 1.29 bits per heavy atom. The Bertz CT molecular complexity index is 474. The van der Waals surface area contributed by atoms with E-state index in [1.54, 1.807) is 6.20 Å². The molecule has 0 fully saturated rings. The van der Waals surface area contributed by atoms with E-state index in [-0.39, 0.29) is 5.56 Å². The molecule has 0 N–H and O–H groups in total. The van der Waals surface area contributed by atoms with E-state index in [1.807, 2.05) is 39.0 Å². The molecular weight excluding hydrogens is 176 g/mol. The molecule has 2 aromatic heterocycles. The van der Waals surface area contributed by atoms with Gasteiger partial charge in [-0.1, -0.05) is 19.9 Å². The lowest BCUT2D eigenvalue weighted by atomic mass is 10.4. The van der Waals surface area contributed by atoms with Crippen molar-refractivity contribution in [1.29, 1.82) is 0 Å². The summed E-state index contributed by atoms with van der Waals surface area (Å²) in [5.41, 5.74) is 1.42. The van der Waals surface area contributed by atoms with Gasteiger partial charge in [-0.25, -0.2) is 4.98 Å². The maximum Gasteiger partial charge on any atom is 0.258 e. The van der Waals surface area contributed by atoms with Crippen LogP contribution in [-0.4, -0.2) is 9.38 Å². The van der Waals surface area contributed by atoms with Crippen molar-refractivity contribution in [2.75, 3.05) is 0 Å². The van der Waals surface area contributed by atoms with Gasteiger partial charge in [-0.3, -0.25) is 9.20 Å². The maximum absolute atomic E-state index is 11.3. The van der Waals surface area contributed by atoms with Crippen molar-refractivity contribution in [2.45, 2.75) is 20.8 Å². The van der Waals surface area contributed by atoms with Crippen molar-refractivity contribution < 1.29 is 0 Å². The second-order valence-electron chi connectivity index (χ2n) is 2.66. The van der Waals surface area contributed by atoms with Gasteiger partial charge in [0.2, 0.25) is 0 Å². The summed E-state index contributed by atoms with van der Waals surface area (Å²) < 4.78 is 1.52. The fourth-order valence-electron chi connectivity index (χ4n) is 1.17. The third-order valence-corrected chi connectivity index (χ3v) is 1.70. The van der Waals surface area contributed by atoms with E-state index in [4.69, 9.17) is 0 Å². The van der Waals surface area contributed by atoms with Crippen LogP contribution in [0.5, 0.6) is 0 Å². The predicted octanol–water partition coefficient (Wildman–Crippen LogP) is 2.03. The van der Waals surface area contributed by atoms with Crippen LogP contribution in [0.2, 0.25) is 0 Å². The summed E-state index contributed by atoms with van der Waals surface area (Å²) in [5.74, 6) is 0. The largest absolute Gasteiger partial charge is 0.269 e. The quantitative estimate of drug-likeness (QED) is 0.637. The minimum absolute atomic E-state index is 0.0295. The maximum atomic E-state index is 11.3. The summed E-state index contributed by atoms with van der Waals surface area (Å²) in [6, 6.07) is 7.01. The topological polar surface area (TPSA) is 34.4 Å². The number of rotatable bonds is 0. The zero-order valence-electron chi connectivity index (χ0n) is 8.69. The molecule has 74 valence electrons. The number of pyridine rings is 1. The van der Waals surface area contributed by atoms with Gasteiger partial charge >= 0.3 is 0 Å². The van der Waals surface area contributed by atoms with E-state index in [2.05, 4.69) is 4.98 Å². The van der Waals surface area contributed by atoms with Gasteiger partial charge in [0, 0.05) is 18.0 Å². The highest BCUT2D eigenvalue weighted by Gasteiger charge is 1.95. The van der Waals surface area contributed by atoms with E-state index >= 15 is 0 Å². The van der Waals surface area contributed by atoms with Gasteiger partial charge in [-0.2, -0.15) is 0 Å². The van der Waals surface area contributed by atoms with Gasteiger partial charge in [0.1, 0.15) is 5.65 Å². The molecule has 0 radical (unpaired) electrons. The zero-order valence-corrected chi connectivity index (χ0v) is 8.69.